The van der Waals surface area contributed by atoms with E-state index < -0.39 is 5.67 Å². The third kappa shape index (κ3) is 3.64. The number of halogens is 2. The fraction of sp³-hybridized carbons (Fsp3) is 0.240. The molecule has 1 aliphatic heterocycles. The highest BCUT2D eigenvalue weighted by Gasteiger charge is 2.41. The van der Waals surface area contributed by atoms with Gasteiger partial charge in [0.25, 0.3) is 0 Å². The van der Waals surface area contributed by atoms with Crippen molar-refractivity contribution in [3.63, 3.8) is 0 Å². The number of aromatic nitrogens is 5. The number of hydrogen-bond donors (Lipinski definition) is 0. The third-order valence-electron chi connectivity index (χ3n) is 5.87. The molecule has 5 rings (SSSR count). The summed E-state index contributed by atoms with van der Waals surface area (Å²) in [6.45, 7) is 4.62. The Hall–Kier alpha value is -3.61. The van der Waals surface area contributed by atoms with Crippen LogP contribution in [0.3, 0.4) is 0 Å². The van der Waals surface area contributed by atoms with Crippen LogP contribution in [0.25, 0.3) is 17.8 Å². The molecule has 1 atom stereocenters. The van der Waals surface area contributed by atoms with E-state index >= 15 is 4.39 Å². The quantitative estimate of drug-likeness (QED) is 0.435. The van der Waals surface area contributed by atoms with Crippen molar-refractivity contribution < 1.29 is 8.78 Å². The molecule has 0 N–H and O–H groups in total. The van der Waals surface area contributed by atoms with E-state index in [-0.39, 0.29) is 11.6 Å². The minimum atomic E-state index is -1.77. The lowest BCUT2D eigenvalue weighted by molar-refractivity contribution is 0.152. The molecule has 0 bridgehead atoms. The van der Waals surface area contributed by atoms with Gasteiger partial charge in [0, 0.05) is 18.4 Å². The van der Waals surface area contributed by atoms with Gasteiger partial charge >= 0.3 is 0 Å². The predicted octanol–water partition coefficient (Wildman–Crippen LogP) is 5.40. The van der Waals surface area contributed by atoms with E-state index in [0.717, 1.165) is 22.5 Å². The summed E-state index contributed by atoms with van der Waals surface area (Å²) in [7, 11) is 0. The first-order chi connectivity index (χ1) is 15.4. The molecule has 0 saturated heterocycles. The molecule has 0 unspecified atom stereocenters. The lowest BCUT2D eigenvalue weighted by atomic mass is 9.88. The molecule has 32 heavy (non-hydrogen) atoms. The molecule has 0 fully saturated rings. The average Bonchev–Trinajstić information content (AvgIpc) is 3.40. The minimum Gasteiger partial charge on any atom is -0.306 e. The molecule has 0 aliphatic carbocycles. The molecule has 5 nitrogen and oxygen atoms in total. The van der Waals surface area contributed by atoms with Crippen molar-refractivity contribution in [2.24, 2.45) is 0 Å². The lowest BCUT2D eigenvalue weighted by Crippen LogP contribution is -2.31. The normalized spacial score (nSPS) is 18.2. The van der Waals surface area contributed by atoms with Crippen LogP contribution in [0.5, 0.6) is 0 Å². The lowest BCUT2D eigenvalue weighted by Gasteiger charge is -2.29. The van der Waals surface area contributed by atoms with Gasteiger partial charge < -0.3 is 4.57 Å². The van der Waals surface area contributed by atoms with Crippen LogP contribution in [0.2, 0.25) is 0 Å². The zero-order chi connectivity index (χ0) is 22.3. The van der Waals surface area contributed by atoms with Crippen LogP contribution < -0.4 is 0 Å². The van der Waals surface area contributed by atoms with Crippen molar-refractivity contribution >= 4 is 12.2 Å². The van der Waals surface area contributed by atoms with E-state index in [9.17, 15) is 4.39 Å². The summed E-state index contributed by atoms with van der Waals surface area (Å²) in [5.41, 5.74) is 2.78. The summed E-state index contributed by atoms with van der Waals surface area (Å²) < 4.78 is 32.9. The Morgan fingerprint density at radius 3 is 2.59 bits per heavy atom. The van der Waals surface area contributed by atoms with Gasteiger partial charge in [-0.15, -0.1) is 0 Å². The van der Waals surface area contributed by atoms with Gasteiger partial charge in [-0.05, 0) is 73.7 Å². The largest absolute Gasteiger partial charge is 0.306 e. The van der Waals surface area contributed by atoms with Crippen molar-refractivity contribution in [2.45, 2.75) is 38.9 Å². The Kier molecular flexibility index (Phi) is 4.96. The summed E-state index contributed by atoms with van der Waals surface area (Å²) >= 11 is 0. The molecule has 3 heterocycles. The van der Waals surface area contributed by atoms with Gasteiger partial charge in [0.1, 0.15) is 5.82 Å². The second-order valence-corrected chi connectivity index (χ2v) is 8.23. The average molecular weight is 431 g/mol. The second kappa shape index (κ2) is 7.82. The molecule has 7 heteroatoms. The highest BCUT2D eigenvalue weighted by molar-refractivity contribution is 5.68. The van der Waals surface area contributed by atoms with Gasteiger partial charge in [-0.2, -0.15) is 5.10 Å². The van der Waals surface area contributed by atoms with Gasteiger partial charge in [-0.3, -0.25) is 0 Å². The highest BCUT2D eigenvalue weighted by Crippen LogP contribution is 2.40. The van der Waals surface area contributed by atoms with Crippen LogP contribution in [0.1, 0.15) is 46.9 Å². The summed E-state index contributed by atoms with van der Waals surface area (Å²) in [6.07, 6.45) is 8.46. The van der Waals surface area contributed by atoms with E-state index in [1.54, 1.807) is 17.1 Å². The number of alkyl halides is 1. The Morgan fingerprint density at radius 1 is 1.06 bits per heavy atom. The molecule has 2 aromatic heterocycles. The van der Waals surface area contributed by atoms with Crippen LogP contribution in [-0.2, 0) is 12.2 Å². The molecular formula is C25H23F2N5. The van der Waals surface area contributed by atoms with Gasteiger partial charge in [0.05, 0.1) is 12.0 Å². The first-order valence-corrected chi connectivity index (χ1v) is 10.6. The second-order valence-electron chi connectivity index (χ2n) is 8.23. The fourth-order valence-corrected chi connectivity index (χ4v) is 4.25. The Morgan fingerprint density at radius 2 is 1.88 bits per heavy atom. The van der Waals surface area contributed by atoms with Crippen LogP contribution in [0, 0.1) is 19.7 Å². The summed E-state index contributed by atoms with van der Waals surface area (Å²) in [5.74, 6) is 0.345. The standard InChI is InChI=1S/C25H23F2N5/c1-17-14-19(4-10-22(17)31-15-18(2)28-16-31)5-11-23-29-24-25(27,12-3-13-32(24)30-23)20-6-8-21(26)9-7-20/h4-11,14-16H,3,12-13H2,1-2H3/b11-5+/t25-/m0/s1. The van der Waals surface area contributed by atoms with E-state index in [0.29, 0.717) is 30.8 Å². The van der Waals surface area contributed by atoms with Crippen molar-refractivity contribution in [2.75, 3.05) is 0 Å². The number of rotatable bonds is 4. The number of nitrogens with zero attached hydrogens (tertiary/aromatic N) is 5. The maximum atomic E-state index is 16.0. The molecule has 162 valence electrons. The minimum absolute atomic E-state index is 0.275. The van der Waals surface area contributed by atoms with E-state index in [1.807, 2.05) is 35.9 Å². The summed E-state index contributed by atoms with van der Waals surface area (Å²) in [5, 5.41) is 4.49. The van der Waals surface area contributed by atoms with E-state index in [4.69, 9.17) is 0 Å². The molecule has 0 amide bonds. The zero-order valence-electron chi connectivity index (χ0n) is 18.0. The molecule has 1 aliphatic rings. The van der Waals surface area contributed by atoms with Crippen LogP contribution in [-0.4, -0.2) is 24.3 Å². The van der Waals surface area contributed by atoms with Gasteiger partial charge in [-0.25, -0.2) is 23.4 Å². The third-order valence-corrected chi connectivity index (χ3v) is 5.87. The molecule has 4 aromatic rings. The van der Waals surface area contributed by atoms with E-state index in [2.05, 4.69) is 28.1 Å². The maximum Gasteiger partial charge on any atom is 0.194 e. The van der Waals surface area contributed by atoms with Crippen LogP contribution >= 0.6 is 0 Å². The number of aryl methyl sites for hydroxylation is 3. The Balaban J connectivity index is 1.42. The van der Waals surface area contributed by atoms with Crippen LogP contribution in [0.15, 0.2) is 55.0 Å². The monoisotopic (exact) mass is 431 g/mol. The predicted molar refractivity (Wildman–Crippen MR) is 120 cm³/mol. The Bertz CT molecular complexity index is 1300. The van der Waals surface area contributed by atoms with Gasteiger partial charge in [0.2, 0.25) is 0 Å². The first-order valence-electron chi connectivity index (χ1n) is 10.6. The fourth-order valence-electron chi connectivity index (χ4n) is 4.25. The first kappa shape index (κ1) is 20.3. The summed E-state index contributed by atoms with van der Waals surface area (Å²) in [6, 6.07) is 11.7. The highest BCUT2D eigenvalue weighted by atomic mass is 19.1. The zero-order valence-corrected chi connectivity index (χ0v) is 18.0. The number of imidazole rings is 1. The van der Waals surface area contributed by atoms with Gasteiger partial charge in [-0.1, -0.05) is 24.3 Å². The van der Waals surface area contributed by atoms with Crippen molar-refractivity contribution in [1.82, 2.24) is 24.3 Å². The smallest absolute Gasteiger partial charge is 0.194 e. The topological polar surface area (TPSA) is 48.5 Å². The SMILES string of the molecule is Cc1cn(-c2ccc(/C=C/c3nc4n(n3)CCC[C@]4(F)c3ccc(F)cc3)cc2C)cn1. The van der Waals surface area contributed by atoms with Crippen LogP contribution in [0.4, 0.5) is 8.78 Å². The number of benzene rings is 2. The molecule has 0 spiro atoms. The van der Waals surface area contributed by atoms with Crippen molar-refractivity contribution in [1.29, 1.82) is 0 Å². The number of hydrogen-bond acceptors (Lipinski definition) is 3. The summed E-state index contributed by atoms with van der Waals surface area (Å²) in [4.78, 5) is 8.78. The molecule has 2 aromatic carbocycles. The molecule has 0 saturated carbocycles. The number of fused-ring (bicyclic) bond motifs is 1. The Labute approximate surface area is 185 Å². The van der Waals surface area contributed by atoms with Gasteiger partial charge in [0.15, 0.2) is 17.3 Å². The maximum absolute atomic E-state index is 16.0. The van der Waals surface area contributed by atoms with Crippen molar-refractivity contribution in [3.8, 4) is 5.69 Å². The molecule has 0 radical (unpaired) electrons. The molecular weight excluding hydrogens is 408 g/mol. The van der Waals surface area contributed by atoms with Crippen molar-refractivity contribution in [3.05, 3.63) is 94.8 Å². The van der Waals surface area contributed by atoms with E-state index in [1.165, 1.54) is 24.3 Å².